The van der Waals surface area contributed by atoms with Crippen molar-refractivity contribution in [1.29, 1.82) is 0 Å². The third kappa shape index (κ3) is 4.51. The maximum absolute atomic E-state index is 11.3. The first-order valence-corrected chi connectivity index (χ1v) is 5.86. The number of carboxylic acids is 1. The monoisotopic (exact) mass is 228 g/mol. The van der Waals surface area contributed by atoms with Gasteiger partial charge in [-0.3, -0.25) is 4.79 Å². The summed E-state index contributed by atoms with van der Waals surface area (Å²) in [7, 11) is 0. The van der Waals surface area contributed by atoms with Gasteiger partial charge in [0.05, 0.1) is 0 Å². The highest BCUT2D eigenvalue weighted by atomic mass is 16.4. The summed E-state index contributed by atoms with van der Waals surface area (Å²) in [6.45, 7) is 2.10. The van der Waals surface area contributed by atoms with Gasteiger partial charge in [-0.1, -0.05) is 19.3 Å². The molecule has 0 aromatic heterocycles. The lowest BCUT2D eigenvalue weighted by atomic mass is 9.89. The van der Waals surface area contributed by atoms with Gasteiger partial charge < -0.3 is 15.7 Å². The highest BCUT2D eigenvalue weighted by Gasteiger charge is 2.16. The number of amides is 2. The van der Waals surface area contributed by atoms with E-state index in [0.717, 1.165) is 12.8 Å². The molecule has 16 heavy (non-hydrogen) atoms. The summed E-state index contributed by atoms with van der Waals surface area (Å²) < 4.78 is 0. The van der Waals surface area contributed by atoms with Gasteiger partial charge in [0.25, 0.3) is 0 Å². The molecule has 5 heteroatoms. The van der Waals surface area contributed by atoms with Crippen molar-refractivity contribution in [2.45, 2.75) is 45.1 Å². The second kappa shape index (κ2) is 6.35. The van der Waals surface area contributed by atoms with Crippen molar-refractivity contribution in [3.63, 3.8) is 0 Å². The second-order valence-corrected chi connectivity index (χ2v) is 4.42. The number of carboxylic acid groups (broad SMARTS) is 1. The molecule has 1 rings (SSSR count). The smallest absolute Gasteiger partial charge is 0.325 e. The summed E-state index contributed by atoms with van der Waals surface area (Å²) in [6, 6.07) is -1.23. The first kappa shape index (κ1) is 12.8. The second-order valence-electron chi connectivity index (χ2n) is 4.42. The fourth-order valence-corrected chi connectivity index (χ4v) is 1.94. The Labute approximate surface area is 95.6 Å². The largest absolute Gasteiger partial charge is 0.480 e. The highest BCUT2D eigenvalue weighted by molar-refractivity contribution is 5.82. The Kier molecular flexibility index (Phi) is 5.08. The molecule has 2 amide bonds. The minimum absolute atomic E-state index is 0.388. The van der Waals surface area contributed by atoms with Crippen LogP contribution in [-0.4, -0.2) is 29.7 Å². The fraction of sp³-hybridized carbons (Fsp3) is 0.818. The van der Waals surface area contributed by atoms with Crippen molar-refractivity contribution in [2.75, 3.05) is 6.54 Å². The topological polar surface area (TPSA) is 78.4 Å². The average Bonchev–Trinajstić information content (AvgIpc) is 2.27. The van der Waals surface area contributed by atoms with Crippen LogP contribution in [0.25, 0.3) is 0 Å². The Morgan fingerprint density at radius 1 is 1.31 bits per heavy atom. The minimum atomic E-state index is -1.02. The zero-order valence-electron chi connectivity index (χ0n) is 9.66. The summed E-state index contributed by atoms with van der Waals surface area (Å²) in [5, 5.41) is 13.7. The number of hydrogen-bond donors (Lipinski definition) is 3. The van der Waals surface area contributed by atoms with E-state index in [4.69, 9.17) is 5.11 Å². The Balaban J connectivity index is 2.16. The Hall–Kier alpha value is -1.26. The number of urea groups is 1. The van der Waals surface area contributed by atoms with Crippen LogP contribution in [0.4, 0.5) is 4.79 Å². The van der Waals surface area contributed by atoms with E-state index >= 15 is 0 Å². The van der Waals surface area contributed by atoms with Gasteiger partial charge in [-0.25, -0.2) is 4.79 Å². The Morgan fingerprint density at radius 3 is 2.50 bits per heavy atom. The molecule has 5 nitrogen and oxygen atoms in total. The normalized spacial score (nSPS) is 18.8. The van der Waals surface area contributed by atoms with Gasteiger partial charge in [0.1, 0.15) is 6.04 Å². The molecule has 3 N–H and O–H groups in total. The molecular formula is C11H20N2O3. The number of hydrogen-bond acceptors (Lipinski definition) is 2. The van der Waals surface area contributed by atoms with Crippen LogP contribution >= 0.6 is 0 Å². The van der Waals surface area contributed by atoms with Crippen LogP contribution < -0.4 is 10.6 Å². The van der Waals surface area contributed by atoms with Crippen molar-refractivity contribution in [3.05, 3.63) is 0 Å². The molecule has 0 spiro atoms. The van der Waals surface area contributed by atoms with Gasteiger partial charge in [0.15, 0.2) is 0 Å². The molecule has 1 saturated carbocycles. The van der Waals surface area contributed by atoms with Gasteiger partial charge >= 0.3 is 12.0 Å². The molecule has 0 aliphatic heterocycles. The average molecular weight is 228 g/mol. The van der Waals surface area contributed by atoms with Crippen molar-refractivity contribution >= 4 is 12.0 Å². The van der Waals surface area contributed by atoms with E-state index in [1.807, 2.05) is 0 Å². The summed E-state index contributed by atoms with van der Waals surface area (Å²) >= 11 is 0. The van der Waals surface area contributed by atoms with Crippen LogP contribution in [0.5, 0.6) is 0 Å². The third-order valence-corrected chi connectivity index (χ3v) is 2.99. The predicted molar refractivity (Wildman–Crippen MR) is 60.2 cm³/mol. The number of carbonyl (C=O) groups excluding carboxylic acids is 1. The Bertz CT molecular complexity index is 250. The zero-order valence-corrected chi connectivity index (χ0v) is 9.66. The van der Waals surface area contributed by atoms with E-state index in [0.29, 0.717) is 12.5 Å². The van der Waals surface area contributed by atoms with Crippen molar-refractivity contribution in [3.8, 4) is 0 Å². The van der Waals surface area contributed by atoms with E-state index in [2.05, 4.69) is 10.6 Å². The number of aliphatic carboxylic acids is 1. The highest BCUT2D eigenvalue weighted by Crippen LogP contribution is 2.22. The van der Waals surface area contributed by atoms with Gasteiger partial charge in [0, 0.05) is 6.54 Å². The van der Waals surface area contributed by atoms with Crippen LogP contribution in [-0.2, 0) is 4.79 Å². The third-order valence-electron chi connectivity index (χ3n) is 2.99. The molecule has 1 aliphatic rings. The summed E-state index contributed by atoms with van der Waals surface area (Å²) in [6.07, 6.45) is 6.08. The standard InChI is InChI=1S/C11H20N2O3/c1-8(10(14)15)13-11(16)12-7-9-5-3-2-4-6-9/h8-9H,2-7H2,1H3,(H,14,15)(H2,12,13,16). The van der Waals surface area contributed by atoms with E-state index in [9.17, 15) is 9.59 Å². The molecule has 1 fully saturated rings. The van der Waals surface area contributed by atoms with Crippen molar-refractivity contribution in [1.82, 2.24) is 10.6 Å². The summed E-state index contributed by atoms with van der Waals surface area (Å²) in [5.41, 5.74) is 0. The molecular weight excluding hydrogens is 208 g/mol. The number of rotatable bonds is 4. The molecule has 1 atom stereocenters. The molecule has 0 aromatic rings. The minimum Gasteiger partial charge on any atom is -0.480 e. The molecule has 0 saturated heterocycles. The molecule has 1 unspecified atom stereocenters. The Morgan fingerprint density at radius 2 is 1.94 bits per heavy atom. The van der Waals surface area contributed by atoms with E-state index in [-0.39, 0.29) is 6.03 Å². The van der Waals surface area contributed by atoms with Crippen molar-refractivity contribution < 1.29 is 14.7 Å². The van der Waals surface area contributed by atoms with E-state index < -0.39 is 12.0 Å². The quantitative estimate of drug-likeness (QED) is 0.679. The van der Waals surface area contributed by atoms with Crippen LogP contribution in [0.3, 0.4) is 0 Å². The number of carbonyl (C=O) groups is 2. The first-order valence-electron chi connectivity index (χ1n) is 5.86. The zero-order chi connectivity index (χ0) is 12.0. The van der Waals surface area contributed by atoms with Crippen molar-refractivity contribution in [2.24, 2.45) is 5.92 Å². The fourth-order valence-electron chi connectivity index (χ4n) is 1.94. The van der Waals surface area contributed by atoms with Gasteiger partial charge in [0.2, 0.25) is 0 Å². The van der Waals surface area contributed by atoms with Crippen LogP contribution in [0, 0.1) is 5.92 Å². The maximum Gasteiger partial charge on any atom is 0.325 e. The maximum atomic E-state index is 11.3. The number of nitrogens with one attached hydrogen (secondary N) is 2. The molecule has 1 aliphatic carbocycles. The predicted octanol–water partition coefficient (Wildman–Crippen LogP) is 1.34. The lowest BCUT2D eigenvalue weighted by Gasteiger charge is -2.22. The van der Waals surface area contributed by atoms with Gasteiger partial charge in [-0.2, -0.15) is 0 Å². The molecule has 0 radical (unpaired) electrons. The summed E-state index contributed by atoms with van der Waals surface area (Å²) in [4.78, 5) is 21.8. The molecule has 0 aromatic carbocycles. The van der Waals surface area contributed by atoms with Gasteiger partial charge in [-0.15, -0.1) is 0 Å². The van der Waals surface area contributed by atoms with Crippen LogP contribution in [0.2, 0.25) is 0 Å². The van der Waals surface area contributed by atoms with E-state index in [1.54, 1.807) is 0 Å². The van der Waals surface area contributed by atoms with E-state index in [1.165, 1.54) is 26.2 Å². The molecule has 0 heterocycles. The SMILES string of the molecule is CC(NC(=O)NCC1CCCCC1)C(=O)O. The lowest BCUT2D eigenvalue weighted by Crippen LogP contribution is -2.45. The summed E-state index contributed by atoms with van der Waals surface area (Å²) in [5.74, 6) is -0.465. The molecule has 0 bridgehead atoms. The lowest BCUT2D eigenvalue weighted by molar-refractivity contribution is -0.138. The van der Waals surface area contributed by atoms with Crippen LogP contribution in [0.15, 0.2) is 0 Å². The van der Waals surface area contributed by atoms with Gasteiger partial charge in [-0.05, 0) is 25.7 Å². The van der Waals surface area contributed by atoms with Crippen LogP contribution in [0.1, 0.15) is 39.0 Å². The molecule has 92 valence electrons. The first-order chi connectivity index (χ1) is 7.59.